The molecule has 0 saturated carbocycles. The molecule has 0 spiro atoms. The molecule has 0 unspecified atom stereocenters. The van der Waals surface area contributed by atoms with Crippen LogP contribution in [-0.4, -0.2) is 31.0 Å². The van der Waals surface area contributed by atoms with Gasteiger partial charge in [0.25, 0.3) is 0 Å². The lowest BCUT2D eigenvalue weighted by Crippen LogP contribution is -2.25. The molecule has 1 heterocycles. The van der Waals surface area contributed by atoms with Crippen LogP contribution in [0.3, 0.4) is 0 Å². The summed E-state index contributed by atoms with van der Waals surface area (Å²) in [5, 5.41) is 11.1. The van der Waals surface area contributed by atoms with Crippen molar-refractivity contribution in [3.63, 3.8) is 0 Å². The molecule has 8 heteroatoms. The SMILES string of the molecule is CC(C)CCNS(=O)(=O)c1ccc(-c2csc(CC(=O)O)n2)cc1. The summed E-state index contributed by atoms with van der Waals surface area (Å²) >= 11 is 1.27. The van der Waals surface area contributed by atoms with Gasteiger partial charge in [0.15, 0.2) is 0 Å². The van der Waals surface area contributed by atoms with Crippen molar-refractivity contribution in [1.82, 2.24) is 9.71 Å². The summed E-state index contributed by atoms with van der Waals surface area (Å²) in [5.74, 6) is -0.496. The number of thiazole rings is 1. The first kappa shape index (κ1) is 18.6. The fourth-order valence-electron chi connectivity index (χ4n) is 2.02. The Balaban J connectivity index is 2.09. The normalized spacial score (nSPS) is 11.8. The average Bonchev–Trinajstić information content (AvgIpc) is 2.94. The predicted molar refractivity (Wildman–Crippen MR) is 93.5 cm³/mol. The highest BCUT2D eigenvalue weighted by Crippen LogP contribution is 2.23. The molecule has 0 radical (unpaired) electrons. The highest BCUT2D eigenvalue weighted by atomic mass is 32.2. The molecule has 2 rings (SSSR count). The van der Waals surface area contributed by atoms with Gasteiger partial charge in [0.05, 0.1) is 17.0 Å². The lowest BCUT2D eigenvalue weighted by atomic mass is 10.1. The number of hydrogen-bond acceptors (Lipinski definition) is 5. The number of aromatic nitrogens is 1. The molecule has 6 nitrogen and oxygen atoms in total. The summed E-state index contributed by atoms with van der Waals surface area (Å²) in [5.41, 5.74) is 1.40. The van der Waals surface area contributed by atoms with Gasteiger partial charge in [-0.3, -0.25) is 4.79 Å². The van der Waals surface area contributed by atoms with E-state index in [0.29, 0.717) is 23.2 Å². The van der Waals surface area contributed by atoms with E-state index in [2.05, 4.69) is 9.71 Å². The fourth-order valence-corrected chi connectivity index (χ4v) is 3.87. The molecular weight excluding hydrogens is 348 g/mol. The van der Waals surface area contributed by atoms with E-state index in [9.17, 15) is 13.2 Å². The second kappa shape index (κ2) is 7.87. The van der Waals surface area contributed by atoms with Crippen molar-refractivity contribution in [2.75, 3.05) is 6.54 Å². The van der Waals surface area contributed by atoms with Crippen molar-refractivity contribution in [2.45, 2.75) is 31.6 Å². The van der Waals surface area contributed by atoms with Gasteiger partial charge < -0.3 is 5.11 Å². The number of benzene rings is 1. The maximum Gasteiger partial charge on any atom is 0.310 e. The molecule has 0 bridgehead atoms. The summed E-state index contributed by atoms with van der Waals surface area (Å²) in [6.45, 7) is 4.48. The molecule has 0 atom stereocenters. The Kier molecular flexibility index (Phi) is 6.09. The maximum atomic E-state index is 12.2. The second-order valence-corrected chi connectivity index (χ2v) is 8.51. The quantitative estimate of drug-likeness (QED) is 0.747. The van der Waals surface area contributed by atoms with Crippen LogP contribution in [0.2, 0.25) is 0 Å². The van der Waals surface area contributed by atoms with Gasteiger partial charge in [0.1, 0.15) is 5.01 Å². The van der Waals surface area contributed by atoms with Crippen molar-refractivity contribution in [3.05, 3.63) is 34.7 Å². The molecule has 1 aromatic heterocycles. The lowest BCUT2D eigenvalue weighted by molar-refractivity contribution is -0.136. The first-order valence-corrected chi connectivity index (χ1v) is 9.90. The molecule has 0 aliphatic carbocycles. The summed E-state index contributed by atoms with van der Waals surface area (Å²) in [7, 11) is -3.51. The first-order chi connectivity index (χ1) is 11.3. The number of nitrogens with one attached hydrogen (secondary N) is 1. The van der Waals surface area contributed by atoms with Crippen LogP contribution in [0.25, 0.3) is 11.3 Å². The summed E-state index contributed by atoms with van der Waals surface area (Å²) < 4.78 is 27.0. The number of hydrogen-bond donors (Lipinski definition) is 2. The predicted octanol–water partition coefficient (Wildman–Crippen LogP) is 2.76. The average molecular weight is 368 g/mol. The Labute approximate surface area is 145 Å². The maximum absolute atomic E-state index is 12.2. The van der Waals surface area contributed by atoms with E-state index in [1.54, 1.807) is 17.5 Å². The third kappa shape index (κ3) is 5.12. The zero-order chi connectivity index (χ0) is 17.7. The molecule has 1 aromatic carbocycles. The summed E-state index contributed by atoms with van der Waals surface area (Å²) in [6, 6.07) is 6.42. The summed E-state index contributed by atoms with van der Waals surface area (Å²) in [6.07, 6.45) is 0.666. The zero-order valence-electron chi connectivity index (χ0n) is 13.5. The highest BCUT2D eigenvalue weighted by molar-refractivity contribution is 7.89. The molecule has 0 fully saturated rings. The topological polar surface area (TPSA) is 96.4 Å². The van der Waals surface area contributed by atoms with Gasteiger partial charge in [0.2, 0.25) is 10.0 Å². The van der Waals surface area contributed by atoms with E-state index in [1.165, 1.54) is 23.5 Å². The molecule has 0 aliphatic rings. The monoisotopic (exact) mass is 368 g/mol. The number of sulfonamides is 1. The van der Waals surface area contributed by atoms with Gasteiger partial charge in [-0.05, 0) is 24.5 Å². The molecule has 2 aromatic rings. The van der Waals surface area contributed by atoms with Crippen molar-refractivity contribution >= 4 is 27.3 Å². The van der Waals surface area contributed by atoms with E-state index in [-0.39, 0.29) is 11.3 Å². The van der Waals surface area contributed by atoms with Crippen LogP contribution < -0.4 is 4.72 Å². The van der Waals surface area contributed by atoms with Crippen LogP contribution in [0, 0.1) is 5.92 Å². The smallest absolute Gasteiger partial charge is 0.310 e. The number of carboxylic acid groups (broad SMARTS) is 1. The van der Waals surface area contributed by atoms with Crippen LogP contribution in [0.1, 0.15) is 25.3 Å². The number of rotatable bonds is 8. The van der Waals surface area contributed by atoms with E-state index in [4.69, 9.17) is 5.11 Å². The van der Waals surface area contributed by atoms with Crippen LogP contribution in [-0.2, 0) is 21.2 Å². The van der Waals surface area contributed by atoms with Gasteiger partial charge in [-0.15, -0.1) is 11.3 Å². The molecule has 0 saturated heterocycles. The first-order valence-electron chi connectivity index (χ1n) is 7.54. The molecule has 130 valence electrons. The Hall–Kier alpha value is -1.77. The van der Waals surface area contributed by atoms with E-state index >= 15 is 0 Å². The number of carboxylic acids is 1. The van der Waals surface area contributed by atoms with E-state index < -0.39 is 16.0 Å². The zero-order valence-corrected chi connectivity index (χ0v) is 15.2. The Bertz CT molecular complexity index is 796. The molecular formula is C16H20N2O4S2. The van der Waals surface area contributed by atoms with Crippen molar-refractivity contribution in [3.8, 4) is 11.3 Å². The minimum absolute atomic E-state index is 0.114. The van der Waals surface area contributed by atoms with Gasteiger partial charge in [-0.1, -0.05) is 26.0 Å². The van der Waals surface area contributed by atoms with Crippen molar-refractivity contribution in [2.24, 2.45) is 5.92 Å². The van der Waals surface area contributed by atoms with Crippen LogP contribution in [0.4, 0.5) is 0 Å². The molecule has 24 heavy (non-hydrogen) atoms. The second-order valence-electron chi connectivity index (χ2n) is 5.80. The number of nitrogens with zero attached hydrogens (tertiary/aromatic N) is 1. The number of aliphatic carboxylic acids is 1. The van der Waals surface area contributed by atoms with Gasteiger partial charge >= 0.3 is 5.97 Å². The minimum atomic E-state index is -3.51. The minimum Gasteiger partial charge on any atom is -0.481 e. The van der Waals surface area contributed by atoms with Gasteiger partial charge in [-0.25, -0.2) is 18.1 Å². The van der Waals surface area contributed by atoms with Crippen molar-refractivity contribution in [1.29, 1.82) is 0 Å². The van der Waals surface area contributed by atoms with Crippen LogP contribution >= 0.6 is 11.3 Å². The van der Waals surface area contributed by atoms with E-state index in [0.717, 1.165) is 12.0 Å². The largest absolute Gasteiger partial charge is 0.481 e. The van der Waals surface area contributed by atoms with Crippen LogP contribution in [0.15, 0.2) is 34.5 Å². The lowest BCUT2D eigenvalue weighted by Gasteiger charge is -2.08. The molecule has 2 N–H and O–H groups in total. The van der Waals surface area contributed by atoms with Gasteiger partial charge in [0, 0.05) is 17.5 Å². The Morgan fingerprint density at radius 1 is 1.29 bits per heavy atom. The third-order valence-corrected chi connectivity index (χ3v) is 5.65. The van der Waals surface area contributed by atoms with Crippen molar-refractivity contribution < 1.29 is 18.3 Å². The van der Waals surface area contributed by atoms with Crippen LogP contribution in [0.5, 0.6) is 0 Å². The fraction of sp³-hybridized carbons (Fsp3) is 0.375. The summed E-state index contributed by atoms with van der Waals surface area (Å²) in [4.78, 5) is 15.1. The molecule has 0 aliphatic heterocycles. The van der Waals surface area contributed by atoms with E-state index in [1.807, 2.05) is 13.8 Å². The third-order valence-electron chi connectivity index (χ3n) is 3.33. The Morgan fingerprint density at radius 3 is 2.54 bits per heavy atom. The highest BCUT2D eigenvalue weighted by Gasteiger charge is 2.14. The Morgan fingerprint density at radius 2 is 1.96 bits per heavy atom. The molecule has 0 amide bonds. The number of carbonyl (C=O) groups is 1. The van der Waals surface area contributed by atoms with Gasteiger partial charge in [-0.2, -0.15) is 0 Å². The standard InChI is InChI=1S/C16H20N2O4S2/c1-11(2)7-8-17-24(21,22)13-5-3-12(4-6-13)14-10-23-15(18-14)9-16(19)20/h3-6,10-11,17H,7-9H2,1-2H3,(H,19,20).